The molecule has 0 aliphatic rings. The van der Waals surface area contributed by atoms with Gasteiger partial charge in [0.1, 0.15) is 5.75 Å². The van der Waals surface area contributed by atoms with E-state index in [1.54, 1.807) is 11.4 Å². The predicted molar refractivity (Wildman–Crippen MR) is 105 cm³/mol. The Morgan fingerprint density at radius 3 is 2.46 bits per heavy atom. The molecule has 1 atom stereocenters. The molecule has 0 fully saturated rings. The van der Waals surface area contributed by atoms with Crippen LogP contribution in [0, 0.1) is 0 Å². The largest absolute Gasteiger partial charge is 0.481 e. The molecule has 1 amide bonds. The first kappa shape index (κ1) is 17.7. The Morgan fingerprint density at radius 1 is 1.00 bits per heavy atom. The zero-order valence-corrected chi connectivity index (χ0v) is 15.3. The third-order valence-corrected chi connectivity index (χ3v) is 4.24. The minimum atomic E-state index is -0.630. The Balaban J connectivity index is 1.46. The second kappa shape index (κ2) is 7.87. The topological polar surface area (TPSA) is 81.4 Å². The molecule has 2 aromatic heterocycles. The molecule has 0 unspecified atom stereocenters. The number of ether oxygens (including phenoxy) is 1. The van der Waals surface area contributed by atoms with Gasteiger partial charge in [0.25, 0.3) is 5.91 Å². The Kier molecular flexibility index (Phi) is 4.97. The van der Waals surface area contributed by atoms with Gasteiger partial charge in [-0.05, 0) is 31.2 Å². The van der Waals surface area contributed by atoms with Crippen LogP contribution in [0.15, 0.2) is 72.8 Å². The number of amides is 1. The normalized spacial score (nSPS) is 11.9. The maximum atomic E-state index is 12.4. The monoisotopic (exact) mass is 373 g/mol. The molecule has 4 rings (SSSR count). The molecule has 0 saturated heterocycles. The van der Waals surface area contributed by atoms with Gasteiger partial charge in [-0.3, -0.25) is 4.79 Å². The van der Waals surface area contributed by atoms with E-state index in [2.05, 4.69) is 20.6 Å². The number of fused-ring (bicyclic) bond motifs is 1. The average molecular weight is 373 g/mol. The van der Waals surface area contributed by atoms with E-state index in [-0.39, 0.29) is 12.5 Å². The van der Waals surface area contributed by atoms with Crippen LogP contribution in [0.3, 0.4) is 0 Å². The minimum Gasteiger partial charge on any atom is -0.481 e. The van der Waals surface area contributed by atoms with Crippen LogP contribution in [0.5, 0.6) is 5.75 Å². The van der Waals surface area contributed by atoms with Crippen LogP contribution in [0.1, 0.15) is 12.7 Å². The van der Waals surface area contributed by atoms with E-state index in [9.17, 15) is 4.79 Å². The van der Waals surface area contributed by atoms with Crippen molar-refractivity contribution < 1.29 is 9.53 Å². The highest BCUT2D eigenvalue weighted by Crippen LogP contribution is 2.17. The van der Waals surface area contributed by atoms with Crippen molar-refractivity contribution in [1.29, 1.82) is 0 Å². The fourth-order valence-electron chi connectivity index (χ4n) is 2.77. The van der Waals surface area contributed by atoms with Gasteiger partial charge in [0.15, 0.2) is 17.6 Å². The highest BCUT2D eigenvalue weighted by atomic mass is 16.5. The molecule has 7 nitrogen and oxygen atoms in total. The van der Waals surface area contributed by atoms with E-state index in [4.69, 9.17) is 4.74 Å². The van der Waals surface area contributed by atoms with Crippen molar-refractivity contribution in [2.45, 2.75) is 19.6 Å². The molecule has 4 aromatic rings. The Morgan fingerprint density at radius 2 is 1.71 bits per heavy atom. The van der Waals surface area contributed by atoms with Crippen LogP contribution >= 0.6 is 0 Å². The van der Waals surface area contributed by atoms with Gasteiger partial charge >= 0.3 is 0 Å². The lowest BCUT2D eigenvalue weighted by molar-refractivity contribution is -0.127. The maximum absolute atomic E-state index is 12.4. The molecule has 1 N–H and O–H groups in total. The molecule has 0 radical (unpaired) electrons. The van der Waals surface area contributed by atoms with Gasteiger partial charge in [-0.15, -0.1) is 10.2 Å². The van der Waals surface area contributed by atoms with Crippen molar-refractivity contribution >= 4 is 11.6 Å². The Bertz CT molecular complexity index is 1080. The highest BCUT2D eigenvalue weighted by molar-refractivity contribution is 5.80. The van der Waals surface area contributed by atoms with E-state index >= 15 is 0 Å². The fourth-order valence-corrected chi connectivity index (χ4v) is 2.77. The fraction of sp³-hybridized carbons (Fsp3) is 0.143. The zero-order valence-electron chi connectivity index (χ0n) is 15.3. The van der Waals surface area contributed by atoms with Crippen molar-refractivity contribution in [2.75, 3.05) is 0 Å². The second-order valence-corrected chi connectivity index (χ2v) is 6.26. The third-order valence-electron chi connectivity index (χ3n) is 4.24. The lowest BCUT2D eigenvalue weighted by Gasteiger charge is -2.14. The summed E-state index contributed by atoms with van der Waals surface area (Å²) in [5.41, 5.74) is 2.43. The van der Waals surface area contributed by atoms with Gasteiger partial charge < -0.3 is 10.1 Å². The molecule has 0 saturated carbocycles. The summed E-state index contributed by atoms with van der Waals surface area (Å²) in [6.07, 6.45) is -0.630. The van der Waals surface area contributed by atoms with Gasteiger partial charge in [0, 0.05) is 5.56 Å². The van der Waals surface area contributed by atoms with E-state index < -0.39 is 6.10 Å². The predicted octanol–water partition coefficient (Wildman–Crippen LogP) is 2.88. The smallest absolute Gasteiger partial charge is 0.261 e. The maximum Gasteiger partial charge on any atom is 0.261 e. The SMILES string of the molecule is C[C@@H](Oc1ccccc1)C(=O)NCc1nnc2ccc(-c3ccccc3)nn12. The first-order valence-corrected chi connectivity index (χ1v) is 8.97. The number of nitrogens with zero attached hydrogens (tertiary/aromatic N) is 4. The number of carbonyl (C=O) groups is 1. The number of hydrogen-bond donors (Lipinski definition) is 1. The first-order valence-electron chi connectivity index (χ1n) is 8.97. The quantitative estimate of drug-likeness (QED) is 0.562. The van der Waals surface area contributed by atoms with Crippen LogP contribution in [0.2, 0.25) is 0 Å². The lowest BCUT2D eigenvalue weighted by Crippen LogP contribution is -2.36. The van der Waals surface area contributed by atoms with Crippen LogP contribution in [-0.4, -0.2) is 31.8 Å². The van der Waals surface area contributed by atoms with Crippen molar-refractivity contribution in [1.82, 2.24) is 25.1 Å². The molecule has 7 heteroatoms. The molecule has 0 bridgehead atoms. The molecule has 0 aliphatic carbocycles. The summed E-state index contributed by atoms with van der Waals surface area (Å²) < 4.78 is 7.28. The van der Waals surface area contributed by atoms with E-state index in [1.807, 2.05) is 72.8 Å². The number of rotatable bonds is 6. The zero-order chi connectivity index (χ0) is 19.3. The van der Waals surface area contributed by atoms with E-state index in [1.165, 1.54) is 0 Å². The van der Waals surface area contributed by atoms with Crippen molar-refractivity contribution in [3.8, 4) is 17.0 Å². The van der Waals surface area contributed by atoms with E-state index in [0.29, 0.717) is 17.2 Å². The molecular formula is C21H19N5O2. The summed E-state index contributed by atoms with van der Waals surface area (Å²) in [5, 5.41) is 15.7. The van der Waals surface area contributed by atoms with Gasteiger partial charge in [-0.1, -0.05) is 48.5 Å². The highest BCUT2D eigenvalue weighted by Gasteiger charge is 2.16. The van der Waals surface area contributed by atoms with Crippen molar-refractivity contribution in [3.63, 3.8) is 0 Å². The molecule has 0 aliphatic heterocycles. The summed E-state index contributed by atoms with van der Waals surface area (Å²) in [5.74, 6) is 0.958. The van der Waals surface area contributed by atoms with E-state index in [0.717, 1.165) is 11.3 Å². The Hall–Kier alpha value is -3.74. The van der Waals surface area contributed by atoms with Crippen molar-refractivity contribution in [2.24, 2.45) is 0 Å². The minimum absolute atomic E-state index is 0.202. The lowest BCUT2D eigenvalue weighted by atomic mass is 10.1. The van der Waals surface area contributed by atoms with Crippen LogP contribution in [0.25, 0.3) is 16.9 Å². The summed E-state index contributed by atoms with van der Waals surface area (Å²) >= 11 is 0. The molecule has 2 aromatic carbocycles. The number of aromatic nitrogens is 4. The molecule has 0 spiro atoms. The molecule has 2 heterocycles. The number of nitrogens with one attached hydrogen (secondary N) is 1. The van der Waals surface area contributed by atoms with Gasteiger partial charge in [-0.25, -0.2) is 0 Å². The number of carbonyl (C=O) groups excluding carboxylic acids is 1. The molecular weight excluding hydrogens is 354 g/mol. The molecule has 140 valence electrons. The number of hydrogen-bond acceptors (Lipinski definition) is 5. The summed E-state index contributed by atoms with van der Waals surface area (Å²) in [6, 6.07) is 22.8. The van der Waals surface area contributed by atoms with Gasteiger partial charge in [0.2, 0.25) is 0 Å². The third kappa shape index (κ3) is 3.83. The van der Waals surface area contributed by atoms with Crippen LogP contribution < -0.4 is 10.1 Å². The number of para-hydroxylation sites is 1. The van der Waals surface area contributed by atoms with Gasteiger partial charge in [0.05, 0.1) is 12.2 Å². The summed E-state index contributed by atoms with van der Waals surface area (Å²) in [4.78, 5) is 12.4. The number of benzene rings is 2. The summed E-state index contributed by atoms with van der Waals surface area (Å²) in [6.45, 7) is 1.91. The van der Waals surface area contributed by atoms with Crippen molar-refractivity contribution in [3.05, 3.63) is 78.6 Å². The average Bonchev–Trinajstić information content (AvgIpc) is 3.15. The summed E-state index contributed by atoms with van der Waals surface area (Å²) in [7, 11) is 0. The van der Waals surface area contributed by atoms with Crippen LogP contribution in [0.4, 0.5) is 0 Å². The first-order chi connectivity index (χ1) is 13.7. The Labute approximate surface area is 162 Å². The molecule has 28 heavy (non-hydrogen) atoms. The van der Waals surface area contributed by atoms with Crippen LogP contribution in [-0.2, 0) is 11.3 Å². The standard InChI is InChI=1S/C21H19N5O2/c1-15(28-17-10-6-3-7-11-17)21(27)22-14-20-24-23-19-13-12-18(25-26(19)20)16-8-4-2-5-9-16/h2-13,15H,14H2,1H3,(H,22,27)/t15-/m1/s1. The second-order valence-electron chi connectivity index (χ2n) is 6.26. The van der Waals surface area contributed by atoms with Gasteiger partial charge in [-0.2, -0.15) is 9.61 Å².